The highest BCUT2D eigenvalue weighted by Gasteiger charge is 2.48. The van der Waals surface area contributed by atoms with Crippen molar-refractivity contribution < 1.29 is 19.4 Å². The normalized spacial score (nSPS) is 21.9. The average Bonchev–Trinajstić information content (AvgIpc) is 3.45. The van der Waals surface area contributed by atoms with Crippen LogP contribution in [0, 0.1) is 0 Å². The molecule has 2 aromatic carbocycles. The molecular weight excluding hydrogens is 436 g/mol. The Hall–Kier alpha value is -3.16. The lowest BCUT2D eigenvalue weighted by Gasteiger charge is -2.23. The average molecular weight is 453 g/mol. The first kappa shape index (κ1) is 19.8. The van der Waals surface area contributed by atoms with Crippen molar-refractivity contribution in [3.63, 3.8) is 0 Å². The Morgan fingerprint density at radius 2 is 2.10 bits per heavy atom. The number of carbonyl (C=O) groups is 2. The van der Waals surface area contributed by atoms with Gasteiger partial charge in [0.05, 0.1) is 11.6 Å². The van der Waals surface area contributed by atoms with Crippen LogP contribution >= 0.6 is 22.9 Å². The summed E-state index contributed by atoms with van der Waals surface area (Å²) in [6.07, 6.45) is 2.33. The van der Waals surface area contributed by atoms with Gasteiger partial charge in [-0.1, -0.05) is 23.7 Å². The molecule has 0 bridgehead atoms. The summed E-state index contributed by atoms with van der Waals surface area (Å²) < 4.78 is 5.73. The maximum atomic E-state index is 13.1. The summed E-state index contributed by atoms with van der Waals surface area (Å²) in [6, 6.07) is 11.3. The number of amides is 1. The molecule has 1 fully saturated rings. The van der Waals surface area contributed by atoms with Crippen molar-refractivity contribution in [1.29, 1.82) is 0 Å². The Kier molecular flexibility index (Phi) is 4.79. The molecule has 0 radical (unpaired) electrons. The lowest BCUT2D eigenvalue weighted by Crippen LogP contribution is -2.29. The summed E-state index contributed by atoms with van der Waals surface area (Å²) in [4.78, 5) is 31.6. The van der Waals surface area contributed by atoms with E-state index < -0.39 is 17.7 Å². The number of hydrogen-bond donors (Lipinski definition) is 1. The van der Waals surface area contributed by atoms with E-state index in [0.29, 0.717) is 27.7 Å². The fourth-order valence-electron chi connectivity index (χ4n) is 4.08. The van der Waals surface area contributed by atoms with Gasteiger partial charge < -0.3 is 9.84 Å². The molecule has 0 spiro atoms. The van der Waals surface area contributed by atoms with E-state index in [4.69, 9.17) is 16.3 Å². The van der Waals surface area contributed by atoms with Gasteiger partial charge in [0.25, 0.3) is 5.78 Å². The van der Waals surface area contributed by atoms with E-state index in [1.807, 2.05) is 6.92 Å². The van der Waals surface area contributed by atoms with Gasteiger partial charge in [-0.2, -0.15) is 0 Å². The molecule has 3 heterocycles. The number of halogens is 1. The fraction of sp³-hybridized carbons (Fsp3) is 0.174. The minimum absolute atomic E-state index is 0.00869. The molecule has 0 aliphatic carbocycles. The second-order valence-electron chi connectivity index (χ2n) is 7.49. The Morgan fingerprint density at radius 3 is 2.84 bits per heavy atom. The van der Waals surface area contributed by atoms with E-state index in [2.05, 4.69) is 4.98 Å². The van der Waals surface area contributed by atoms with E-state index in [-0.39, 0.29) is 17.4 Å². The van der Waals surface area contributed by atoms with Gasteiger partial charge in [0.1, 0.15) is 17.6 Å². The number of carbonyl (C=O) groups excluding carboxylic acids is 2. The zero-order valence-corrected chi connectivity index (χ0v) is 18.0. The molecule has 5 rings (SSSR count). The van der Waals surface area contributed by atoms with Crippen molar-refractivity contribution in [2.45, 2.75) is 25.5 Å². The number of anilines is 1. The number of hydrogen-bond acceptors (Lipinski definition) is 6. The topological polar surface area (TPSA) is 79.7 Å². The smallest absolute Gasteiger partial charge is 0.301 e. The van der Waals surface area contributed by atoms with Crippen molar-refractivity contribution in [3.05, 3.63) is 81.3 Å². The molecule has 3 aromatic rings. The zero-order valence-electron chi connectivity index (χ0n) is 16.4. The minimum Gasteiger partial charge on any atom is -0.507 e. The lowest BCUT2D eigenvalue weighted by molar-refractivity contribution is -0.132. The maximum Gasteiger partial charge on any atom is 0.301 e. The molecule has 1 N–H and O–H groups in total. The SMILES string of the molecule is C[C@H]1Cc2cc(/C(O)=C3\C(=O)C(=O)N(c4nccs4)[C@H]3c3cccc(Cl)c3)ccc2O1. The van der Waals surface area contributed by atoms with Crippen molar-refractivity contribution in [1.82, 2.24) is 4.98 Å². The van der Waals surface area contributed by atoms with Crippen LogP contribution in [0.3, 0.4) is 0 Å². The molecular formula is C23H17ClN2O4S. The van der Waals surface area contributed by atoms with Crippen molar-refractivity contribution in [3.8, 4) is 5.75 Å². The van der Waals surface area contributed by atoms with Gasteiger partial charge in [-0.05, 0) is 48.4 Å². The van der Waals surface area contributed by atoms with Crippen molar-refractivity contribution in [2.24, 2.45) is 0 Å². The third kappa shape index (κ3) is 3.30. The van der Waals surface area contributed by atoms with Gasteiger partial charge in [0, 0.05) is 28.6 Å². The number of aliphatic hydroxyl groups is 1. The maximum absolute atomic E-state index is 13.1. The quantitative estimate of drug-likeness (QED) is 0.352. The van der Waals surface area contributed by atoms with E-state index in [1.54, 1.807) is 54.0 Å². The van der Waals surface area contributed by atoms with Crippen LogP contribution in [0.25, 0.3) is 5.76 Å². The molecule has 31 heavy (non-hydrogen) atoms. The molecule has 0 unspecified atom stereocenters. The number of nitrogens with zero attached hydrogens (tertiary/aromatic N) is 2. The molecule has 2 atom stereocenters. The van der Waals surface area contributed by atoms with Gasteiger partial charge >= 0.3 is 5.91 Å². The van der Waals surface area contributed by atoms with Crippen LogP contribution in [-0.4, -0.2) is 27.9 Å². The van der Waals surface area contributed by atoms with Crippen LogP contribution < -0.4 is 9.64 Å². The Labute approximate surface area is 187 Å². The summed E-state index contributed by atoms with van der Waals surface area (Å²) in [5, 5.41) is 13.8. The van der Waals surface area contributed by atoms with Crippen LogP contribution in [0.2, 0.25) is 5.02 Å². The molecule has 6 nitrogen and oxygen atoms in total. The van der Waals surface area contributed by atoms with Crippen LogP contribution in [0.4, 0.5) is 5.13 Å². The predicted octanol–water partition coefficient (Wildman–Crippen LogP) is 4.75. The van der Waals surface area contributed by atoms with Crippen LogP contribution in [-0.2, 0) is 16.0 Å². The number of Topliss-reactive ketones (excluding diaryl/α,β-unsaturated/α-hetero) is 1. The second kappa shape index (κ2) is 7.51. The lowest BCUT2D eigenvalue weighted by atomic mass is 9.94. The van der Waals surface area contributed by atoms with Crippen molar-refractivity contribution >= 4 is 45.5 Å². The highest BCUT2D eigenvalue weighted by atomic mass is 35.5. The number of rotatable bonds is 3. The third-order valence-corrected chi connectivity index (χ3v) is 6.41. The molecule has 1 amide bonds. The Morgan fingerprint density at radius 1 is 1.26 bits per heavy atom. The molecule has 2 aliphatic heterocycles. The summed E-state index contributed by atoms with van der Waals surface area (Å²) in [5.74, 6) is -0.967. The van der Waals surface area contributed by atoms with Crippen LogP contribution in [0.1, 0.15) is 29.7 Å². The summed E-state index contributed by atoms with van der Waals surface area (Å²) in [7, 11) is 0. The minimum atomic E-state index is -0.840. The van der Waals surface area contributed by atoms with E-state index in [0.717, 1.165) is 11.3 Å². The van der Waals surface area contributed by atoms with Crippen molar-refractivity contribution in [2.75, 3.05) is 4.90 Å². The number of benzene rings is 2. The van der Waals surface area contributed by atoms with Gasteiger partial charge in [0.2, 0.25) is 0 Å². The summed E-state index contributed by atoms with van der Waals surface area (Å²) in [6.45, 7) is 1.97. The molecule has 1 saturated heterocycles. The zero-order chi connectivity index (χ0) is 21.7. The number of ether oxygens (including phenoxy) is 1. The monoisotopic (exact) mass is 452 g/mol. The van der Waals surface area contributed by atoms with E-state index in [1.165, 1.54) is 16.2 Å². The number of fused-ring (bicyclic) bond motifs is 1. The first-order valence-corrected chi connectivity index (χ1v) is 11.0. The summed E-state index contributed by atoms with van der Waals surface area (Å²) >= 11 is 7.44. The van der Waals surface area contributed by atoms with Gasteiger partial charge in [-0.3, -0.25) is 14.5 Å². The van der Waals surface area contributed by atoms with Crippen LogP contribution in [0.5, 0.6) is 5.75 Å². The summed E-state index contributed by atoms with van der Waals surface area (Å²) in [5.41, 5.74) is 2.03. The molecule has 1 aromatic heterocycles. The Balaban J connectivity index is 1.69. The highest BCUT2D eigenvalue weighted by molar-refractivity contribution is 7.14. The van der Waals surface area contributed by atoms with Crippen LogP contribution in [0.15, 0.2) is 59.6 Å². The molecule has 8 heteroatoms. The number of thiazole rings is 1. The number of aliphatic hydroxyl groups excluding tert-OH is 1. The standard InChI is InChI=1S/C23H17ClN2O4S/c1-12-9-15-10-14(5-6-17(15)30-12)20(27)18-19(13-3-2-4-16(24)11-13)26(22(29)21(18)28)23-25-7-8-31-23/h2-8,10-12,19,27H,9H2,1H3/b20-18+/t12-,19-/m0/s1. The first-order valence-electron chi connectivity index (χ1n) is 9.70. The Bertz CT molecular complexity index is 1240. The molecule has 2 aliphatic rings. The highest BCUT2D eigenvalue weighted by Crippen LogP contribution is 2.43. The molecule has 0 saturated carbocycles. The predicted molar refractivity (Wildman–Crippen MR) is 119 cm³/mol. The second-order valence-corrected chi connectivity index (χ2v) is 8.80. The van der Waals surface area contributed by atoms with E-state index in [9.17, 15) is 14.7 Å². The largest absolute Gasteiger partial charge is 0.507 e. The first-order chi connectivity index (χ1) is 14.9. The van der Waals surface area contributed by atoms with Gasteiger partial charge in [0.15, 0.2) is 5.13 Å². The van der Waals surface area contributed by atoms with Gasteiger partial charge in [-0.25, -0.2) is 4.98 Å². The third-order valence-electron chi connectivity index (χ3n) is 5.40. The molecule has 156 valence electrons. The number of ketones is 1. The fourth-order valence-corrected chi connectivity index (χ4v) is 4.95. The van der Waals surface area contributed by atoms with E-state index >= 15 is 0 Å². The number of aromatic nitrogens is 1. The van der Waals surface area contributed by atoms with Gasteiger partial charge in [-0.15, -0.1) is 11.3 Å².